The molecule has 4 N–H and O–H groups in total. The highest BCUT2D eigenvalue weighted by atomic mass is 35.5. The van der Waals surface area contributed by atoms with E-state index in [9.17, 15) is 24.9 Å². The molecule has 7 nitrogen and oxygen atoms in total. The van der Waals surface area contributed by atoms with Gasteiger partial charge in [-0.05, 0) is 19.3 Å². The molecule has 0 aromatic rings. The molecule has 1 amide bonds. The topological polar surface area (TPSA) is 119 Å². The molecule has 8 atom stereocenters. The van der Waals surface area contributed by atoms with Gasteiger partial charge in [0.05, 0.1) is 6.04 Å². The van der Waals surface area contributed by atoms with E-state index in [1.165, 1.54) is 31.8 Å². The molecule has 2 aliphatic carbocycles. The SMILES string of the molecule is CCCCCC[C@@H](C)/C=C(C)/C=C/C(=O)N[C@H]1C[C@]2(O)C3OC3C(=O)[C@@](Cl)([C@H]2O)[C@H]1O. The molecule has 31 heavy (non-hydrogen) atoms. The Labute approximate surface area is 188 Å². The molecule has 1 heterocycles. The Kier molecular flexibility index (Phi) is 7.33. The number of halogens is 1. The Morgan fingerprint density at radius 2 is 2.03 bits per heavy atom. The molecule has 3 rings (SSSR count). The smallest absolute Gasteiger partial charge is 0.244 e. The zero-order valence-electron chi connectivity index (χ0n) is 18.4. The summed E-state index contributed by atoms with van der Waals surface area (Å²) >= 11 is 6.32. The molecule has 1 saturated heterocycles. The largest absolute Gasteiger partial charge is 0.389 e. The quantitative estimate of drug-likeness (QED) is 0.138. The van der Waals surface area contributed by atoms with Gasteiger partial charge in [0.1, 0.15) is 30.0 Å². The third-order valence-electron chi connectivity index (χ3n) is 6.74. The zero-order valence-corrected chi connectivity index (χ0v) is 19.1. The van der Waals surface area contributed by atoms with E-state index in [0.717, 1.165) is 12.0 Å². The van der Waals surface area contributed by atoms with Gasteiger partial charge < -0.3 is 25.4 Å². The summed E-state index contributed by atoms with van der Waals surface area (Å²) in [6.45, 7) is 6.25. The van der Waals surface area contributed by atoms with Crippen molar-refractivity contribution in [2.75, 3.05) is 0 Å². The molecule has 3 aliphatic rings. The van der Waals surface area contributed by atoms with E-state index in [1.54, 1.807) is 6.08 Å². The summed E-state index contributed by atoms with van der Waals surface area (Å²) in [5.41, 5.74) is -0.851. The monoisotopic (exact) mass is 455 g/mol. The molecule has 0 radical (unpaired) electrons. The molecule has 2 saturated carbocycles. The number of aliphatic hydroxyl groups is 3. The van der Waals surface area contributed by atoms with Gasteiger partial charge in [-0.2, -0.15) is 0 Å². The van der Waals surface area contributed by atoms with E-state index < -0.39 is 52.6 Å². The number of carbonyl (C=O) groups is 2. The number of rotatable bonds is 9. The highest BCUT2D eigenvalue weighted by Gasteiger charge is 2.78. The summed E-state index contributed by atoms with van der Waals surface area (Å²) in [5, 5.41) is 34.6. The van der Waals surface area contributed by atoms with E-state index in [1.807, 2.05) is 6.92 Å². The van der Waals surface area contributed by atoms with Gasteiger partial charge in [-0.15, -0.1) is 11.6 Å². The molecule has 3 fully saturated rings. The highest BCUT2D eigenvalue weighted by Crippen LogP contribution is 2.54. The molecule has 2 bridgehead atoms. The van der Waals surface area contributed by atoms with E-state index >= 15 is 0 Å². The van der Waals surface area contributed by atoms with Gasteiger partial charge in [-0.1, -0.05) is 57.3 Å². The third-order valence-corrected chi connectivity index (χ3v) is 7.35. The minimum absolute atomic E-state index is 0.165. The van der Waals surface area contributed by atoms with Crippen LogP contribution in [-0.4, -0.2) is 67.9 Å². The van der Waals surface area contributed by atoms with Crippen LogP contribution in [0, 0.1) is 5.92 Å². The van der Waals surface area contributed by atoms with Gasteiger partial charge in [0.25, 0.3) is 0 Å². The van der Waals surface area contributed by atoms with Crippen LogP contribution >= 0.6 is 11.6 Å². The number of unbranched alkanes of at least 4 members (excludes halogenated alkanes) is 3. The minimum Gasteiger partial charge on any atom is -0.389 e. The van der Waals surface area contributed by atoms with Crippen molar-refractivity contribution in [2.24, 2.45) is 5.92 Å². The lowest BCUT2D eigenvalue weighted by Crippen LogP contribution is -2.77. The molecule has 0 aromatic heterocycles. The van der Waals surface area contributed by atoms with Gasteiger partial charge in [-0.3, -0.25) is 9.59 Å². The lowest BCUT2D eigenvalue weighted by molar-refractivity contribution is -0.180. The normalized spacial score (nSPS) is 40.5. The van der Waals surface area contributed by atoms with Crippen LogP contribution in [-0.2, 0) is 14.3 Å². The van der Waals surface area contributed by atoms with Crippen LogP contribution in [0.15, 0.2) is 23.8 Å². The number of ether oxygens (including phenoxy) is 1. The lowest BCUT2D eigenvalue weighted by Gasteiger charge is -2.52. The maximum atomic E-state index is 12.5. The van der Waals surface area contributed by atoms with Crippen molar-refractivity contribution in [3.05, 3.63) is 23.8 Å². The summed E-state index contributed by atoms with van der Waals surface area (Å²) in [7, 11) is 0. The van der Waals surface area contributed by atoms with Crippen molar-refractivity contribution < 1.29 is 29.6 Å². The summed E-state index contributed by atoms with van der Waals surface area (Å²) < 4.78 is 5.21. The second kappa shape index (κ2) is 9.32. The number of allylic oxidation sites excluding steroid dienone is 3. The van der Waals surface area contributed by atoms with Crippen LogP contribution in [0.1, 0.15) is 59.3 Å². The number of epoxide rings is 1. The Morgan fingerprint density at radius 1 is 1.32 bits per heavy atom. The van der Waals surface area contributed by atoms with Crippen molar-refractivity contribution in [1.82, 2.24) is 5.32 Å². The summed E-state index contributed by atoms with van der Waals surface area (Å²) in [4.78, 5) is 22.8. The Balaban J connectivity index is 1.59. The lowest BCUT2D eigenvalue weighted by atomic mass is 9.62. The maximum Gasteiger partial charge on any atom is 0.244 e. The van der Waals surface area contributed by atoms with Crippen LogP contribution < -0.4 is 5.32 Å². The molecule has 0 aromatic carbocycles. The first kappa shape index (κ1) is 24.4. The van der Waals surface area contributed by atoms with Crippen LogP contribution in [0.5, 0.6) is 0 Å². The van der Waals surface area contributed by atoms with Crippen molar-refractivity contribution >= 4 is 23.3 Å². The van der Waals surface area contributed by atoms with E-state index in [0.29, 0.717) is 5.92 Å². The summed E-state index contributed by atoms with van der Waals surface area (Å²) in [6.07, 6.45) is 5.94. The van der Waals surface area contributed by atoms with E-state index in [4.69, 9.17) is 16.3 Å². The minimum atomic E-state index is -2.12. The molecule has 2 unspecified atom stereocenters. The fourth-order valence-corrected chi connectivity index (χ4v) is 5.35. The van der Waals surface area contributed by atoms with Crippen LogP contribution in [0.4, 0.5) is 0 Å². The first-order valence-electron chi connectivity index (χ1n) is 11.2. The van der Waals surface area contributed by atoms with Crippen LogP contribution in [0.2, 0.25) is 0 Å². The number of alkyl halides is 1. The van der Waals surface area contributed by atoms with Gasteiger partial charge in [0.2, 0.25) is 5.91 Å². The van der Waals surface area contributed by atoms with Crippen molar-refractivity contribution in [3.8, 4) is 0 Å². The predicted octanol–water partition coefficient (Wildman–Crippen LogP) is 1.76. The Bertz CT molecular complexity index is 769. The van der Waals surface area contributed by atoms with Gasteiger partial charge in [0, 0.05) is 12.5 Å². The van der Waals surface area contributed by atoms with Gasteiger partial charge in [-0.25, -0.2) is 0 Å². The molecule has 8 heteroatoms. The van der Waals surface area contributed by atoms with Crippen molar-refractivity contribution in [3.63, 3.8) is 0 Å². The highest BCUT2D eigenvalue weighted by molar-refractivity contribution is 6.38. The summed E-state index contributed by atoms with van der Waals surface area (Å²) in [5.74, 6) is -0.732. The summed E-state index contributed by atoms with van der Waals surface area (Å²) in [6, 6.07) is -1.00. The van der Waals surface area contributed by atoms with Crippen molar-refractivity contribution in [1.29, 1.82) is 0 Å². The third kappa shape index (κ3) is 4.62. The average Bonchev–Trinajstić information content (AvgIpc) is 3.52. The second-order valence-corrected chi connectivity index (χ2v) is 9.96. The molecular formula is C23H34ClNO6. The molecular weight excluding hydrogens is 422 g/mol. The van der Waals surface area contributed by atoms with E-state index in [2.05, 4.69) is 25.2 Å². The second-order valence-electron chi connectivity index (χ2n) is 9.34. The van der Waals surface area contributed by atoms with E-state index in [-0.39, 0.29) is 6.42 Å². The number of Topliss-reactive ketones (excluding diaryl/α,β-unsaturated/α-hetero) is 1. The zero-order chi connectivity index (χ0) is 23.0. The number of fused-ring (bicyclic) bond motifs is 4. The Morgan fingerprint density at radius 3 is 2.71 bits per heavy atom. The van der Waals surface area contributed by atoms with Crippen molar-refractivity contribution in [2.45, 2.75) is 100 Å². The molecule has 0 spiro atoms. The molecule has 1 aliphatic heterocycles. The Hall–Kier alpha value is -1.25. The first-order chi connectivity index (χ1) is 14.6. The molecule has 174 valence electrons. The van der Waals surface area contributed by atoms with Crippen LogP contribution in [0.25, 0.3) is 0 Å². The number of ketones is 1. The standard InChI is InChI=1S/C23H34ClNO6/c1-4-5-6-7-8-13(2)11-14(3)9-10-16(26)25-15-12-22(30)20-17(31-20)19(28)23(24,18(15)27)21(22)29/h9-11,13,15,17-18,20-21,27,29-30H,4-8,12H2,1-3H3,(H,25,26)/b10-9+,14-11+/t13-,15+,17?,18+,20?,21+,22+,23-/m1/s1. The maximum absolute atomic E-state index is 12.5. The number of amides is 1. The first-order valence-corrected chi connectivity index (χ1v) is 11.6. The number of hydrogen-bond donors (Lipinski definition) is 4. The number of hydrogen-bond acceptors (Lipinski definition) is 6. The average molecular weight is 456 g/mol. The number of aliphatic hydroxyl groups excluding tert-OH is 2. The van der Waals surface area contributed by atoms with Gasteiger partial charge >= 0.3 is 0 Å². The number of nitrogens with one attached hydrogen (secondary N) is 1. The fourth-order valence-electron chi connectivity index (χ4n) is 4.90. The predicted molar refractivity (Wildman–Crippen MR) is 117 cm³/mol. The van der Waals surface area contributed by atoms with Crippen LogP contribution in [0.3, 0.4) is 0 Å². The fraction of sp³-hybridized carbons (Fsp3) is 0.739. The van der Waals surface area contributed by atoms with Gasteiger partial charge in [0.15, 0.2) is 10.7 Å². The number of carbonyl (C=O) groups excluding carboxylic acids is 2.